The lowest BCUT2D eigenvalue weighted by Crippen LogP contribution is -2.37. The molecule has 2 unspecified atom stereocenters. The van der Waals surface area contributed by atoms with Gasteiger partial charge < -0.3 is 18.9 Å². The van der Waals surface area contributed by atoms with Crippen molar-refractivity contribution in [2.24, 2.45) is 0 Å². The molecule has 0 aromatic rings. The van der Waals surface area contributed by atoms with E-state index in [2.05, 4.69) is 50.3 Å². The number of rotatable bonds is 34. The minimum atomic E-state index is -4.37. The summed E-state index contributed by atoms with van der Waals surface area (Å²) in [5, 5.41) is 0. The van der Waals surface area contributed by atoms with Crippen molar-refractivity contribution in [3.8, 4) is 0 Å². The minimum absolute atomic E-state index is 0.0296. The second kappa shape index (κ2) is 32.2. The van der Waals surface area contributed by atoms with Crippen LogP contribution in [0.25, 0.3) is 0 Å². The van der Waals surface area contributed by atoms with Gasteiger partial charge in [0.2, 0.25) is 0 Å². The van der Waals surface area contributed by atoms with Gasteiger partial charge in [0.15, 0.2) is 6.10 Å². The molecule has 0 bridgehead atoms. The Morgan fingerprint density at radius 3 is 1.73 bits per heavy atom. The number of ether oxygens (including phenoxy) is 2. The molecule has 0 aliphatic heterocycles. The van der Waals surface area contributed by atoms with E-state index >= 15 is 0 Å². The van der Waals surface area contributed by atoms with Gasteiger partial charge in [0.05, 0.1) is 27.7 Å². The first-order chi connectivity index (χ1) is 23.5. The van der Waals surface area contributed by atoms with E-state index in [4.69, 9.17) is 18.5 Å². The number of quaternary nitrogens is 1. The average Bonchev–Trinajstić information content (AvgIpc) is 3.04. The van der Waals surface area contributed by atoms with E-state index in [0.29, 0.717) is 17.4 Å². The van der Waals surface area contributed by atoms with Gasteiger partial charge in [-0.05, 0) is 44.9 Å². The maximum Gasteiger partial charge on any atom is 0.472 e. The lowest BCUT2D eigenvalue weighted by atomic mass is 10.1. The molecular weight excluding hydrogens is 641 g/mol. The predicted molar refractivity (Wildman–Crippen MR) is 201 cm³/mol. The highest BCUT2D eigenvalue weighted by atomic mass is 31.2. The number of hydrogen-bond acceptors (Lipinski definition) is 7. The summed E-state index contributed by atoms with van der Waals surface area (Å²) in [5.74, 6) is -0.817. The number of phosphoric ester groups is 1. The molecule has 49 heavy (non-hydrogen) atoms. The summed E-state index contributed by atoms with van der Waals surface area (Å²) in [4.78, 5) is 35.1. The quantitative estimate of drug-likeness (QED) is 0.0231. The molecule has 1 N–H and O–H groups in total. The van der Waals surface area contributed by atoms with Crippen LogP contribution in [0.3, 0.4) is 0 Å². The van der Waals surface area contributed by atoms with E-state index in [1.807, 2.05) is 21.1 Å². The molecule has 0 saturated carbocycles. The molecular formula is C39H73NO8P+. The van der Waals surface area contributed by atoms with Crippen LogP contribution in [0, 0.1) is 0 Å². The van der Waals surface area contributed by atoms with Crippen LogP contribution in [0.5, 0.6) is 0 Å². The van der Waals surface area contributed by atoms with Gasteiger partial charge in [0.1, 0.15) is 19.8 Å². The Bertz CT molecular complexity index is 944. The molecule has 0 aliphatic rings. The van der Waals surface area contributed by atoms with Gasteiger partial charge in [-0.3, -0.25) is 18.6 Å². The number of esters is 2. The SMILES string of the molecule is CC/C=C\C/C=C\C/C=C\CCCCCCCCCC(=O)OC(COC(=O)CCCCCCCCCC)COP(=O)(O)OCC[N+](C)(C)C. The van der Waals surface area contributed by atoms with E-state index in [1.54, 1.807) is 0 Å². The van der Waals surface area contributed by atoms with Crippen molar-refractivity contribution in [1.29, 1.82) is 0 Å². The summed E-state index contributed by atoms with van der Waals surface area (Å²) in [5.41, 5.74) is 0. The van der Waals surface area contributed by atoms with Gasteiger partial charge >= 0.3 is 19.8 Å². The Labute approximate surface area is 300 Å². The number of carbonyl (C=O) groups excluding carboxylic acids is 2. The highest BCUT2D eigenvalue weighted by molar-refractivity contribution is 7.47. The Morgan fingerprint density at radius 2 is 1.16 bits per heavy atom. The standard InChI is InChI=1S/C39H72NO8P/c1-6-8-10-12-14-16-17-18-19-20-21-22-23-24-26-28-30-32-39(42)48-37(36-47-49(43,44)46-34-33-40(3,4)5)35-45-38(41)31-29-27-25-15-13-11-9-7-2/h8,10,14,16,18-19,37H,6-7,9,11-13,15,17,20-36H2,1-5H3/p+1/b10-8-,16-14-,19-18-. The summed E-state index contributed by atoms with van der Waals surface area (Å²) in [6, 6.07) is 0. The summed E-state index contributed by atoms with van der Waals surface area (Å²) >= 11 is 0. The zero-order valence-electron chi connectivity index (χ0n) is 31.9. The van der Waals surface area contributed by atoms with Crippen molar-refractivity contribution in [2.45, 2.75) is 155 Å². The monoisotopic (exact) mass is 715 g/mol. The van der Waals surface area contributed by atoms with Gasteiger partial charge in [-0.1, -0.05) is 127 Å². The van der Waals surface area contributed by atoms with E-state index < -0.39 is 26.5 Å². The number of likely N-dealkylation sites (N-methyl/N-ethyl adjacent to an activating group) is 1. The predicted octanol–water partition coefficient (Wildman–Crippen LogP) is 10.2. The first-order valence-electron chi connectivity index (χ1n) is 19.2. The van der Waals surface area contributed by atoms with Crippen molar-refractivity contribution in [1.82, 2.24) is 0 Å². The lowest BCUT2D eigenvalue weighted by molar-refractivity contribution is -0.870. The zero-order valence-corrected chi connectivity index (χ0v) is 32.8. The molecule has 0 saturated heterocycles. The van der Waals surface area contributed by atoms with E-state index in [-0.39, 0.29) is 32.0 Å². The molecule has 0 aliphatic carbocycles. The summed E-state index contributed by atoms with van der Waals surface area (Å²) in [6.45, 7) is 4.25. The lowest BCUT2D eigenvalue weighted by Gasteiger charge is -2.24. The summed E-state index contributed by atoms with van der Waals surface area (Å²) in [6.07, 6.45) is 33.4. The molecule has 0 aromatic carbocycles. The van der Waals surface area contributed by atoms with Crippen molar-refractivity contribution in [3.05, 3.63) is 36.5 Å². The third-order valence-corrected chi connectivity index (χ3v) is 8.92. The largest absolute Gasteiger partial charge is 0.472 e. The average molecular weight is 715 g/mol. The number of unbranched alkanes of at least 4 members (excludes halogenated alkanes) is 14. The fourth-order valence-electron chi connectivity index (χ4n) is 4.91. The molecule has 286 valence electrons. The summed E-state index contributed by atoms with van der Waals surface area (Å²) < 4.78 is 34.1. The minimum Gasteiger partial charge on any atom is -0.462 e. The smallest absolute Gasteiger partial charge is 0.462 e. The van der Waals surface area contributed by atoms with E-state index in [1.165, 1.54) is 51.4 Å². The van der Waals surface area contributed by atoms with Gasteiger partial charge in [-0.15, -0.1) is 0 Å². The molecule has 0 heterocycles. The highest BCUT2D eigenvalue weighted by Crippen LogP contribution is 2.43. The van der Waals surface area contributed by atoms with Crippen molar-refractivity contribution < 1.29 is 42.1 Å². The molecule has 0 amide bonds. The van der Waals surface area contributed by atoms with Crippen LogP contribution < -0.4 is 0 Å². The maximum absolute atomic E-state index is 12.6. The van der Waals surface area contributed by atoms with Crippen molar-refractivity contribution in [2.75, 3.05) is 47.5 Å². The second-order valence-corrected chi connectivity index (χ2v) is 15.4. The molecule has 10 heteroatoms. The summed E-state index contributed by atoms with van der Waals surface area (Å²) in [7, 11) is 1.46. The number of carbonyl (C=O) groups is 2. The Balaban J connectivity index is 4.40. The van der Waals surface area contributed by atoms with Crippen molar-refractivity contribution in [3.63, 3.8) is 0 Å². The number of phosphoric acid groups is 1. The third-order valence-electron chi connectivity index (χ3n) is 7.93. The Hall–Kier alpha value is -1.77. The Kier molecular flexibility index (Phi) is 31.0. The molecule has 0 fully saturated rings. The van der Waals surface area contributed by atoms with Crippen LogP contribution >= 0.6 is 7.82 Å². The van der Waals surface area contributed by atoms with Crippen LogP contribution in [0.4, 0.5) is 0 Å². The van der Waals surface area contributed by atoms with Gasteiger partial charge in [-0.2, -0.15) is 0 Å². The first kappa shape index (κ1) is 47.2. The van der Waals surface area contributed by atoms with E-state index in [9.17, 15) is 19.0 Å². The topological polar surface area (TPSA) is 108 Å². The van der Waals surface area contributed by atoms with E-state index in [0.717, 1.165) is 64.2 Å². The molecule has 2 atom stereocenters. The zero-order chi connectivity index (χ0) is 36.5. The molecule has 0 spiro atoms. The highest BCUT2D eigenvalue weighted by Gasteiger charge is 2.27. The van der Waals surface area contributed by atoms with Gasteiger partial charge in [0.25, 0.3) is 0 Å². The molecule has 0 radical (unpaired) electrons. The number of allylic oxidation sites excluding steroid dienone is 6. The van der Waals surface area contributed by atoms with Gasteiger partial charge in [0, 0.05) is 12.8 Å². The third kappa shape index (κ3) is 35.8. The van der Waals surface area contributed by atoms with Crippen LogP contribution in [0.15, 0.2) is 36.5 Å². The van der Waals surface area contributed by atoms with Crippen LogP contribution in [-0.2, 0) is 32.7 Å². The fraction of sp³-hybridized carbons (Fsp3) is 0.795. The van der Waals surface area contributed by atoms with Crippen LogP contribution in [-0.4, -0.2) is 74.9 Å². The van der Waals surface area contributed by atoms with Crippen LogP contribution in [0.1, 0.15) is 149 Å². The van der Waals surface area contributed by atoms with Gasteiger partial charge in [-0.25, -0.2) is 4.57 Å². The normalized spacial score (nSPS) is 14.2. The van der Waals surface area contributed by atoms with Crippen molar-refractivity contribution >= 4 is 19.8 Å². The maximum atomic E-state index is 12.6. The molecule has 0 rings (SSSR count). The number of nitrogens with zero attached hydrogens (tertiary/aromatic N) is 1. The fourth-order valence-corrected chi connectivity index (χ4v) is 5.65. The van der Waals surface area contributed by atoms with Crippen LogP contribution in [0.2, 0.25) is 0 Å². The molecule has 9 nitrogen and oxygen atoms in total. The number of hydrogen-bond donors (Lipinski definition) is 1. The first-order valence-corrected chi connectivity index (χ1v) is 20.7. The second-order valence-electron chi connectivity index (χ2n) is 13.9. The molecule has 0 aromatic heterocycles. The Morgan fingerprint density at radius 1 is 0.653 bits per heavy atom.